The quantitative estimate of drug-likeness (QED) is 0.819. The van der Waals surface area contributed by atoms with Crippen LogP contribution in [0.3, 0.4) is 0 Å². The molecular formula is C15H25NOS. The highest BCUT2D eigenvalue weighted by atomic mass is 32.2. The molecule has 0 aliphatic rings. The van der Waals surface area contributed by atoms with Gasteiger partial charge < -0.3 is 10.8 Å². The number of hydrogen-bond acceptors (Lipinski definition) is 3. The minimum absolute atomic E-state index is 0.138. The number of aliphatic hydroxyl groups is 1. The molecule has 3 heteroatoms. The van der Waals surface area contributed by atoms with Crippen molar-refractivity contribution in [2.24, 2.45) is 11.7 Å². The van der Waals surface area contributed by atoms with Gasteiger partial charge in [0.05, 0.1) is 12.1 Å². The summed E-state index contributed by atoms with van der Waals surface area (Å²) in [5.41, 5.74) is 7.24. The van der Waals surface area contributed by atoms with Crippen LogP contribution < -0.4 is 5.73 Å². The highest BCUT2D eigenvalue weighted by molar-refractivity contribution is 8.00. The predicted octanol–water partition coefficient (Wildman–Crippen LogP) is 3.59. The van der Waals surface area contributed by atoms with E-state index in [2.05, 4.69) is 26.8 Å². The first-order valence-corrected chi connectivity index (χ1v) is 7.25. The average molecular weight is 267 g/mol. The van der Waals surface area contributed by atoms with Crippen molar-refractivity contribution in [1.82, 2.24) is 0 Å². The van der Waals surface area contributed by atoms with Crippen molar-refractivity contribution in [1.29, 1.82) is 0 Å². The van der Waals surface area contributed by atoms with Crippen LogP contribution in [0.4, 0.5) is 0 Å². The van der Waals surface area contributed by atoms with Gasteiger partial charge in [0.15, 0.2) is 0 Å². The Morgan fingerprint density at radius 3 is 2.22 bits per heavy atom. The van der Waals surface area contributed by atoms with Crippen LogP contribution in [0, 0.1) is 5.92 Å². The Morgan fingerprint density at radius 2 is 1.72 bits per heavy atom. The highest BCUT2D eigenvalue weighted by Gasteiger charge is 2.24. The summed E-state index contributed by atoms with van der Waals surface area (Å²) in [5.74, 6) is 0.160. The lowest BCUT2D eigenvalue weighted by atomic mass is 9.94. The molecule has 3 N–H and O–H groups in total. The minimum Gasteiger partial charge on any atom is -0.391 e. The molecule has 0 saturated carbocycles. The van der Waals surface area contributed by atoms with Gasteiger partial charge in [0.1, 0.15) is 0 Å². The molecule has 0 amide bonds. The monoisotopic (exact) mass is 267 g/mol. The number of nitrogens with two attached hydrogens (primary N) is 1. The second-order valence-electron chi connectivity index (χ2n) is 6.01. The van der Waals surface area contributed by atoms with Gasteiger partial charge in [-0.05, 0) is 17.5 Å². The van der Waals surface area contributed by atoms with Crippen LogP contribution in [0.2, 0.25) is 0 Å². The molecule has 1 aromatic rings. The van der Waals surface area contributed by atoms with Crippen LogP contribution in [-0.2, 0) is 0 Å². The van der Waals surface area contributed by atoms with Crippen LogP contribution in [0.1, 0.15) is 46.2 Å². The summed E-state index contributed by atoms with van der Waals surface area (Å²) >= 11 is 1.79. The zero-order valence-electron chi connectivity index (χ0n) is 12.0. The van der Waals surface area contributed by atoms with Crippen molar-refractivity contribution < 1.29 is 5.11 Å². The molecule has 102 valence electrons. The van der Waals surface area contributed by atoms with Crippen molar-refractivity contribution in [3.8, 4) is 0 Å². The molecule has 0 unspecified atom stereocenters. The van der Waals surface area contributed by atoms with Gasteiger partial charge >= 0.3 is 0 Å². The molecule has 2 atom stereocenters. The van der Waals surface area contributed by atoms with E-state index in [1.54, 1.807) is 11.8 Å². The van der Waals surface area contributed by atoms with Gasteiger partial charge in [0.25, 0.3) is 0 Å². The molecule has 0 heterocycles. The van der Waals surface area contributed by atoms with Gasteiger partial charge in [-0.25, -0.2) is 0 Å². The Hall–Kier alpha value is -0.510. The number of benzene rings is 1. The lowest BCUT2D eigenvalue weighted by molar-refractivity contribution is 0.0971. The third kappa shape index (κ3) is 4.30. The molecule has 2 nitrogen and oxygen atoms in total. The lowest BCUT2D eigenvalue weighted by Gasteiger charge is -2.26. The van der Waals surface area contributed by atoms with E-state index in [9.17, 15) is 5.11 Å². The molecule has 1 aromatic carbocycles. The van der Waals surface area contributed by atoms with E-state index in [1.165, 1.54) is 0 Å². The van der Waals surface area contributed by atoms with Crippen LogP contribution in [-0.4, -0.2) is 16.0 Å². The Morgan fingerprint density at radius 1 is 1.17 bits per heavy atom. The molecule has 0 bridgehead atoms. The van der Waals surface area contributed by atoms with Gasteiger partial charge in [-0.3, -0.25) is 0 Å². The molecule has 0 aliphatic heterocycles. The van der Waals surface area contributed by atoms with E-state index >= 15 is 0 Å². The maximum Gasteiger partial charge on any atom is 0.0756 e. The van der Waals surface area contributed by atoms with Gasteiger partial charge in [0.2, 0.25) is 0 Å². The third-order valence-electron chi connectivity index (χ3n) is 2.75. The first-order valence-electron chi connectivity index (χ1n) is 6.44. The van der Waals surface area contributed by atoms with E-state index in [0.29, 0.717) is 0 Å². The van der Waals surface area contributed by atoms with E-state index in [4.69, 9.17) is 5.73 Å². The topological polar surface area (TPSA) is 46.2 Å². The lowest BCUT2D eigenvalue weighted by Crippen LogP contribution is -2.31. The third-order valence-corrected chi connectivity index (χ3v) is 3.95. The van der Waals surface area contributed by atoms with Crippen LogP contribution in [0.15, 0.2) is 29.2 Å². The van der Waals surface area contributed by atoms with E-state index in [0.717, 1.165) is 10.5 Å². The second kappa shape index (κ2) is 6.09. The van der Waals surface area contributed by atoms with Gasteiger partial charge in [-0.15, -0.1) is 11.8 Å². The van der Waals surface area contributed by atoms with E-state index in [1.807, 2.05) is 32.0 Å². The first-order chi connectivity index (χ1) is 8.22. The maximum absolute atomic E-state index is 10.1. The van der Waals surface area contributed by atoms with Crippen molar-refractivity contribution >= 4 is 11.8 Å². The summed E-state index contributed by atoms with van der Waals surface area (Å²) in [5, 5.41) is 10.1. The van der Waals surface area contributed by atoms with Gasteiger partial charge in [-0.1, -0.05) is 52.8 Å². The predicted molar refractivity (Wildman–Crippen MR) is 79.8 cm³/mol. The second-order valence-corrected chi connectivity index (χ2v) is 7.88. The normalized spacial score (nSPS) is 15.8. The fourth-order valence-electron chi connectivity index (χ4n) is 1.78. The molecule has 0 saturated heterocycles. The number of thioether (sulfide) groups is 1. The maximum atomic E-state index is 10.1. The molecule has 0 radical (unpaired) electrons. The van der Waals surface area contributed by atoms with Crippen molar-refractivity contribution in [2.75, 3.05) is 0 Å². The zero-order valence-corrected chi connectivity index (χ0v) is 12.8. The smallest absolute Gasteiger partial charge is 0.0756 e. The molecule has 1 rings (SSSR count). The Balaban J connectivity index is 3.01. The van der Waals surface area contributed by atoms with Crippen LogP contribution in [0.25, 0.3) is 0 Å². The zero-order chi connectivity index (χ0) is 13.9. The summed E-state index contributed by atoms with van der Waals surface area (Å²) < 4.78 is 0.138. The number of hydrogen-bond donors (Lipinski definition) is 2. The standard InChI is InChI=1S/C15H25NOS/c1-10(2)14(17)13(16)11-8-6-7-9-12(11)18-15(3,4)5/h6-10,13-14,17H,16H2,1-5H3/t13-,14+/m0/s1. The first kappa shape index (κ1) is 15.5. The number of rotatable bonds is 4. The Labute approximate surface area is 115 Å². The Kier molecular flexibility index (Phi) is 5.26. The van der Waals surface area contributed by atoms with Gasteiger partial charge in [-0.2, -0.15) is 0 Å². The molecule has 0 spiro atoms. The fraction of sp³-hybridized carbons (Fsp3) is 0.600. The molecule has 0 aliphatic carbocycles. The summed E-state index contributed by atoms with van der Waals surface area (Å²) in [4.78, 5) is 1.16. The summed E-state index contributed by atoms with van der Waals surface area (Å²) in [6, 6.07) is 7.78. The highest BCUT2D eigenvalue weighted by Crippen LogP contribution is 2.37. The van der Waals surface area contributed by atoms with Gasteiger partial charge in [0, 0.05) is 9.64 Å². The minimum atomic E-state index is -0.508. The van der Waals surface area contributed by atoms with Crippen molar-refractivity contribution in [3.05, 3.63) is 29.8 Å². The molecule has 0 fully saturated rings. The van der Waals surface area contributed by atoms with Crippen molar-refractivity contribution in [2.45, 2.75) is 56.4 Å². The molecule has 0 aromatic heterocycles. The van der Waals surface area contributed by atoms with Crippen LogP contribution in [0.5, 0.6) is 0 Å². The van der Waals surface area contributed by atoms with E-state index in [-0.39, 0.29) is 16.7 Å². The van der Waals surface area contributed by atoms with E-state index < -0.39 is 6.10 Å². The summed E-state index contributed by atoms with van der Waals surface area (Å²) in [6.07, 6.45) is -0.508. The van der Waals surface area contributed by atoms with Crippen molar-refractivity contribution in [3.63, 3.8) is 0 Å². The summed E-state index contributed by atoms with van der Waals surface area (Å²) in [7, 11) is 0. The number of aliphatic hydroxyl groups excluding tert-OH is 1. The average Bonchev–Trinajstić information content (AvgIpc) is 2.25. The van der Waals surface area contributed by atoms with Crippen LogP contribution >= 0.6 is 11.8 Å². The fourth-order valence-corrected chi connectivity index (χ4v) is 2.91. The SMILES string of the molecule is CC(C)[C@@H](O)[C@@H](N)c1ccccc1SC(C)(C)C. The molecule has 18 heavy (non-hydrogen) atoms. The largest absolute Gasteiger partial charge is 0.391 e. The summed E-state index contributed by atoms with van der Waals surface area (Å²) in [6.45, 7) is 10.5. The Bertz CT molecular complexity index is 384. The molecular weight excluding hydrogens is 242 g/mol.